The summed E-state index contributed by atoms with van der Waals surface area (Å²) in [5, 5.41) is 13.8. The first-order chi connectivity index (χ1) is 9.11. The van der Waals surface area contributed by atoms with E-state index in [2.05, 4.69) is 5.32 Å². The number of nitrogens with one attached hydrogen (secondary N) is 1. The second-order valence-corrected chi connectivity index (χ2v) is 5.16. The van der Waals surface area contributed by atoms with Gasteiger partial charge in [-0.1, -0.05) is 13.8 Å². The minimum atomic E-state index is -4.59. The number of hydrogen-bond donors (Lipinski definition) is 1. The van der Waals surface area contributed by atoms with Gasteiger partial charge in [-0.15, -0.1) is 0 Å². The number of rotatable bonds is 5. The van der Waals surface area contributed by atoms with Crippen molar-refractivity contribution in [2.45, 2.75) is 39.4 Å². The average Bonchev–Trinajstić information content (AvgIpc) is 2.26. The fourth-order valence-electron chi connectivity index (χ4n) is 2.01. The minimum absolute atomic E-state index is 0.0644. The molecule has 1 unspecified atom stereocenters. The molecule has 1 rings (SSSR count). The minimum Gasteiger partial charge on any atom is -0.377 e. The number of hydrogen-bond acceptors (Lipinski definition) is 3. The Morgan fingerprint density at radius 3 is 2.35 bits per heavy atom. The largest absolute Gasteiger partial charge is 0.416 e. The SMILES string of the molecule is CC(C)CC(C)Nc1ccc(C(F)(F)F)cc1[N+](=O)[O-]. The van der Waals surface area contributed by atoms with Gasteiger partial charge >= 0.3 is 6.18 Å². The summed E-state index contributed by atoms with van der Waals surface area (Å²) < 4.78 is 37.7. The van der Waals surface area contributed by atoms with E-state index in [9.17, 15) is 23.3 Å². The van der Waals surface area contributed by atoms with Crippen LogP contribution < -0.4 is 5.32 Å². The lowest BCUT2D eigenvalue weighted by molar-refractivity contribution is -0.384. The second kappa shape index (κ2) is 6.11. The number of nitro benzene ring substituents is 1. The van der Waals surface area contributed by atoms with Crippen LogP contribution in [0.4, 0.5) is 24.5 Å². The van der Waals surface area contributed by atoms with Crippen LogP contribution in [-0.4, -0.2) is 11.0 Å². The van der Waals surface area contributed by atoms with Crippen molar-refractivity contribution in [1.29, 1.82) is 0 Å². The Labute approximate surface area is 115 Å². The number of halogens is 3. The molecule has 0 aliphatic carbocycles. The van der Waals surface area contributed by atoms with E-state index < -0.39 is 22.4 Å². The molecule has 0 bridgehead atoms. The van der Waals surface area contributed by atoms with Gasteiger partial charge in [-0.25, -0.2) is 0 Å². The molecule has 0 radical (unpaired) electrons. The molecule has 1 aromatic carbocycles. The lowest BCUT2D eigenvalue weighted by Crippen LogP contribution is -2.18. The Morgan fingerprint density at radius 2 is 1.90 bits per heavy atom. The van der Waals surface area contributed by atoms with Crippen molar-refractivity contribution in [3.8, 4) is 0 Å². The maximum Gasteiger partial charge on any atom is 0.416 e. The molecule has 0 saturated carbocycles. The van der Waals surface area contributed by atoms with E-state index in [1.165, 1.54) is 0 Å². The number of anilines is 1. The number of benzene rings is 1. The van der Waals surface area contributed by atoms with Gasteiger partial charge in [0.15, 0.2) is 0 Å². The molecule has 0 aliphatic rings. The monoisotopic (exact) mass is 290 g/mol. The standard InChI is InChI=1S/C13H17F3N2O2/c1-8(2)6-9(3)17-11-5-4-10(13(14,15)16)7-12(11)18(19)20/h4-5,7-9,17H,6H2,1-3H3. The highest BCUT2D eigenvalue weighted by Gasteiger charge is 2.33. The molecule has 0 spiro atoms. The van der Waals surface area contributed by atoms with E-state index in [-0.39, 0.29) is 11.7 Å². The molecule has 0 aromatic heterocycles. The molecule has 0 heterocycles. The first kappa shape index (κ1) is 16.3. The highest BCUT2D eigenvalue weighted by atomic mass is 19.4. The Balaban J connectivity index is 3.05. The quantitative estimate of drug-likeness (QED) is 0.643. The van der Waals surface area contributed by atoms with E-state index >= 15 is 0 Å². The van der Waals surface area contributed by atoms with Crippen LogP contribution in [0, 0.1) is 16.0 Å². The Hall–Kier alpha value is -1.79. The molecule has 1 aromatic rings. The van der Waals surface area contributed by atoms with Crippen LogP contribution in [0.15, 0.2) is 18.2 Å². The highest BCUT2D eigenvalue weighted by molar-refractivity contribution is 5.63. The molecule has 4 nitrogen and oxygen atoms in total. The van der Waals surface area contributed by atoms with Crippen LogP contribution in [0.1, 0.15) is 32.8 Å². The van der Waals surface area contributed by atoms with Gasteiger partial charge in [0.2, 0.25) is 0 Å². The molecule has 112 valence electrons. The van der Waals surface area contributed by atoms with Crippen molar-refractivity contribution in [3.05, 3.63) is 33.9 Å². The summed E-state index contributed by atoms with van der Waals surface area (Å²) in [4.78, 5) is 10.1. The molecule has 1 atom stereocenters. The predicted octanol–water partition coefficient (Wildman–Crippen LogP) is 4.46. The first-order valence-corrected chi connectivity index (χ1v) is 6.23. The van der Waals surface area contributed by atoms with E-state index in [1.54, 1.807) is 0 Å². The zero-order valence-corrected chi connectivity index (χ0v) is 11.5. The van der Waals surface area contributed by atoms with E-state index in [0.717, 1.165) is 18.6 Å². The van der Waals surface area contributed by atoms with Crippen molar-refractivity contribution >= 4 is 11.4 Å². The fraction of sp³-hybridized carbons (Fsp3) is 0.538. The number of nitro groups is 1. The summed E-state index contributed by atoms with van der Waals surface area (Å²) in [5.41, 5.74) is -1.47. The van der Waals surface area contributed by atoms with E-state index in [0.29, 0.717) is 12.0 Å². The lowest BCUT2D eigenvalue weighted by Gasteiger charge is -2.17. The van der Waals surface area contributed by atoms with Gasteiger partial charge < -0.3 is 5.32 Å². The van der Waals surface area contributed by atoms with Crippen LogP contribution in [0.5, 0.6) is 0 Å². The highest BCUT2D eigenvalue weighted by Crippen LogP contribution is 2.35. The molecular formula is C13H17F3N2O2. The van der Waals surface area contributed by atoms with Crippen molar-refractivity contribution in [2.75, 3.05) is 5.32 Å². The zero-order chi connectivity index (χ0) is 15.5. The molecule has 1 N–H and O–H groups in total. The third-order valence-corrected chi connectivity index (χ3v) is 2.75. The molecule has 0 saturated heterocycles. The lowest BCUT2D eigenvalue weighted by atomic mass is 10.0. The topological polar surface area (TPSA) is 55.2 Å². The van der Waals surface area contributed by atoms with Crippen LogP contribution in [0.3, 0.4) is 0 Å². The molecule has 0 amide bonds. The fourth-order valence-corrected chi connectivity index (χ4v) is 2.01. The molecular weight excluding hydrogens is 273 g/mol. The number of nitrogens with zero attached hydrogens (tertiary/aromatic N) is 1. The van der Waals surface area contributed by atoms with Crippen molar-refractivity contribution in [1.82, 2.24) is 0 Å². The summed E-state index contributed by atoms with van der Waals surface area (Å²) in [6.45, 7) is 5.83. The van der Waals surface area contributed by atoms with Gasteiger partial charge in [-0.05, 0) is 31.4 Å². The van der Waals surface area contributed by atoms with Gasteiger partial charge in [0.05, 0.1) is 10.5 Å². The normalized spacial score (nSPS) is 13.3. The predicted molar refractivity (Wildman–Crippen MR) is 70.6 cm³/mol. The summed E-state index contributed by atoms with van der Waals surface area (Å²) in [5.74, 6) is 0.381. The van der Waals surface area contributed by atoms with Gasteiger partial charge in [0.25, 0.3) is 5.69 Å². The van der Waals surface area contributed by atoms with E-state index in [1.807, 2.05) is 20.8 Å². The maximum atomic E-state index is 12.6. The van der Waals surface area contributed by atoms with Crippen LogP contribution in [-0.2, 0) is 6.18 Å². The molecule has 20 heavy (non-hydrogen) atoms. The van der Waals surface area contributed by atoms with Crippen molar-refractivity contribution in [3.63, 3.8) is 0 Å². The maximum absolute atomic E-state index is 12.6. The van der Waals surface area contributed by atoms with Crippen LogP contribution >= 0.6 is 0 Å². The Kier molecular flexibility index (Phi) is 4.97. The van der Waals surface area contributed by atoms with Gasteiger partial charge in [0.1, 0.15) is 5.69 Å². The zero-order valence-electron chi connectivity index (χ0n) is 11.5. The van der Waals surface area contributed by atoms with Crippen molar-refractivity contribution in [2.24, 2.45) is 5.92 Å². The summed E-state index contributed by atoms with van der Waals surface area (Å²) in [6, 6.07) is 2.45. The number of alkyl halides is 3. The molecule has 0 aliphatic heterocycles. The van der Waals surface area contributed by atoms with Gasteiger partial charge in [-0.2, -0.15) is 13.2 Å². The summed E-state index contributed by atoms with van der Waals surface area (Å²) >= 11 is 0. The third kappa shape index (κ3) is 4.40. The van der Waals surface area contributed by atoms with Crippen molar-refractivity contribution < 1.29 is 18.1 Å². The first-order valence-electron chi connectivity index (χ1n) is 6.23. The Bertz CT molecular complexity index is 487. The summed E-state index contributed by atoms with van der Waals surface area (Å²) in [6.07, 6.45) is -3.83. The smallest absolute Gasteiger partial charge is 0.377 e. The van der Waals surface area contributed by atoms with Gasteiger partial charge in [0, 0.05) is 12.1 Å². The van der Waals surface area contributed by atoms with Crippen LogP contribution in [0.2, 0.25) is 0 Å². The van der Waals surface area contributed by atoms with Gasteiger partial charge in [-0.3, -0.25) is 10.1 Å². The molecule has 7 heteroatoms. The Morgan fingerprint density at radius 1 is 1.30 bits per heavy atom. The second-order valence-electron chi connectivity index (χ2n) is 5.16. The summed E-state index contributed by atoms with van der Waals surface area (Å²) in [7, 11) is 0. The van der Waals surface area contributed by atoms with E-state index in [4.69, 9.17) is 0 Å². The third-order valence-electron chi connectivity index (χ3n) is 2.75. The van der Waals surface area contributed by atoms with Crippen LogP contribution in [0.25, 0.3) is 0 Å². The molecule has 0 fully saturated rings. The average molecular weight is 290 g/mol.